The van der Waals surface area contributed by atoms with Crippen molar-refractivity contribution in [3.8, 4) is 6.07 Å². The smallest absolute Gasteiger partial charge is 0.228 e. The molecule has 2 heterocycles. The number of nitriles is 1. The van der Waals surface area contributed by atoms with Gasteiger partial charge in [-0.05, 0) is 42.7 Å². The third kappa shape index (κ3) is 7.28. The number of rotatable bonds is 9. The van der Waals surface area contributed by atoms with Gasteiger partial charge in [-0.1, -0.05) is 45.2 Å². The summed E-state index contributed by atoms with van der Waals surface area (Å²) in [4.78, 5) is 33.3. The van der Waals surface area contributed by atoms with Crippen molar-refractivity contribution in [3.63, 3.8) is 0 Å². The maximum absolute atomic E-state index is 13.2. The molecular formula is C28H35N5O2. The van der Waals surface area contributed by atoms with Gasteiger partial charge < -0.3 is 14.4 Å². The standard InChI is InChI=1S/C26H29N5O2.C2H6/c1-4-7-23(5-2)31(20(3)32)18-24-8-6-13-30(24)26(33)14-25-16-28-19-29(25)17-22-11-9-21(15-27)10-12-22;1-2/h4-5,7,9-12,16,19,24H,1-2,6,8,13-14,17-18H2,3H3;1-2H3/b23-7+;/t24-;/m0./s1. The van der Waals surface area contributed by atoms with Crippen molar-refractivity contribution in [1.29, 1.82) is 5.26 Å². The highest BCUT2D eigenvalue weighted by molar-refractivity contribution is 5.79. The number of aromatic nitrogens is 2. The Labute approximate surface area is 208 Å². The van der Waals surface area contributed by atoms with Crippen LogP contribution in [0.25, 0.3) is 0 Å². The Morgan fingerprint density at radius 2 is 1.97 bits per heavy atom. The Balaban J connectivity index is 0.00000210. The van der Waals surface area contributed by atoms with Crippen molar-refractivity contribution in [2.24, 2.45) is 0 Å². The zero-order valence-electron chi connectivity index (χ0n) is 21.0. The molecule has 1 saturated heterocycles. The van der Waals surface area contributed by atoms with Crippen LogP contribution in [0.5, 0.6) is 0 Å². The number of carbonyl (C=O) groups is 2. The normalized spacial score (nSPS) is 15.0. The maximum atomic E-state index is 13.2. The van der Waals surface area contributed by atoms with Crippen LogP contribution in [0.2, 0.25) is 0 Å². The molecule has 1 aromatic carbocycles. The summed E-state index contributed by atoms with van der Waals surface area (Å²) in [5.74, 6) is -0.0711. The van der Waals surface area contributed by atoms with Crippen molar-refractivity contribution >= 4 is 11.8 Å². The minimum atomic E-state index is -0.0946. The van der Waals surface area contributed by atoms with Crippen LogP contribution < -0.4 is 0 Å². The fraction of sp³-hybridized carbons (Fsp3) is 0.357. The lowest BCUT2D eigenvalue weighted by Crippen LogP contribution is -2.44. The summed E-state index contributed by atoms with van der Waals surface area (Å²) < 4.78 is 1.95. The van der Waals surface area contributed by atoms with Crippen LogP contribution in [0.3, 0.4) is 0 Å². The molecular weight excluding hydrogens is 438 g/mol. The van der Waals surface area contributed by atoms with Crippen molar-refractivity contribution in [3.05, 3.63) is 90.7 Å². The molecule has 1 aliphatic rings. The van der Waals surface area contributed by atoms with Gasteiger partial charge in [0.25, 0.3) is 0 Å². The van der Waals surface area contributed by atoms with Gasteiger partial charge in [-0.25, -0.2) is 4.98 Å². The predicted molar refractivity (Wildman–Crippen MR) is 138 cm³/mol. The average molecular weight is 474 g/mol. The van der Waals surface area contributed by atoms with Gasteiger partial charge in [0.15, 0.2) is 0 Å². The van der Waals surface area contributed by atoms with Gasteiger partial charge in [0.1, 0.15) is 0 Å². The number of hydrogen-bond donors (Lipinski definition) is 0. The minimum absolute atomic E-state index is 0.0235. The van der Waals surface area contributed by atoms with E-state index in [1.165, 1.54) is 6.92 Å². The minimum Gasteiger partial charge on any atom is -0.338 e. The number of amides is 2. The third-order valence-electron chi connectivity index (χ3n) is 5.85. The van der Waals surface area contributed by atoms with E-state index in [4.69, 9.17) is 5.26 Å². The Bertz CT molecular complexity index is 1090. The van der Waals surface area contributed by atoms with E-state index in [1.807, 2.05) is 35.4 Å². The molecule has 1 atom stereocenters. The molecule has 1 aliphatic heterocycles. The van der Waals surface area contributed by atoms with Gasteiger partial charge in [0.2, 0.25) is 11.8 Å². The molecule has 0 saturated carbocycles. The monoisotopic (exact) mass is 473 g/mol. The summed E-state index contributed by atoms with van der Waals surface area (Å²) in [6, 6.07) is 9.45. The summed E-state index contributed by atoms with van der Waals surface area (Å²) in [6.45, 7) is 14.7. The van der Waals surface area contributed by atoms with Crippen LogP contribution in [0.1, 0.15) is 50.4 Å². The number of benzene rings is 1. The Morgan fingerprint density at radius 1 is 1.26 bits per heavy atom. The summed E-state index contributed by atoms with van der Waals surface area (Å²) in [6.07, 6.45) is 10.4. The molecule has 3 rings (SSSR count). The van der Waals surface area contributed by atoms with E-state index in [1.54, 1.807) is 47.8 Å². The van der Waals surface area contributed by atoms with E-state index in [9.17, 15) is 9.59 Å². The molecule has 7 nitrogen and oxygen atoms in total. The summed E-state index contributed by atoms with van der Waals surface area (Å²) in [7, 11) is 0. The van der Waals surface area contributed by atoms with Crippen molar-refractivity contribution in [2.45, 2.75) is 52.6 Å². The fourth-order valence-electron chi connectivity index (χ4n) is 4.14. The molecule has 35 heavy (non-hydrogen) atoms. The average Bonchev–Trinajstić information content (AvgIpc) is 3.52. The quantitative estimate of drug-likeness (QED) is 0.503. The lowest BCUT2D eigenvalue weighted by atomic mass is 10.1. The second-order valence-corrected chi connectivity index (χ2v) is 8.04. The highest BCUT2D eigenvalue weighted by Gasteiger charge is 2.31. The summed E-state index contributed by atoms with van der Waals surface area (Å²) in [5.41, 5.74) is 3.15. The van der Waals surface area contributed by atoms with Gasteiger partial charge in [0, 0.05) is 50.2 Å². The zero-order valence-corrected chi connectivity index (χ0v) is 21.0. The molecule has 2 aromatic rings. The van der Waals surface area contributed by atoms with Crippen LogP contribution in [0.15, 0.2) is 73.9 Å². The zero-order chi connectivity index (χ0) is 25.8. The molecule has 0 spiro atoms. The SMILES string of the molecule is C=C/C=C(\C=C)N(C[C@@H]1CCCN1C(=O)Cc1cncn1Cc1ccc(C#N)cc1)C(C)=O.CC. The number of imidazole rings is 1. The third-order valence-corrected chi connectivity index (χ3v) is 5.85. The maximum Gasteiger partial charge on any atom is 0.228 e. The fourth-order valence-corrected chi connectivity index (χ4v) is 4.14. The lowest BCUT2D eigenvalue weighted by molar-refractivity contribution is -0.134. The number of nitrogens with zero attached hydrogens (tertiary/aromatic N) is 5. The van der Waals surface area contributed by atoms with Crippen LogP contribution in [-0.4, -0.2) is 50.3 Å². The topological polar surface area (TPSA) is 82.2 Å². The first kappa shape index (κ1) is 27.3. The molecule has 7 heteroatoms. The Kier molecular flexibility index (Phi) is 10.7. The molecule has 0 unspecified atom stereocenters. The van der Waals surface area contributed by atoms with E-state index >= 15 is 0 Å². The molecule has 0 bridgehead atoms. The summed E-state index contributed by atoms with van der Waals surface area (Å²) in [5, 5.41) is 8.97. The molecule has 1 aromatic heterocycles. The first-order chi connectivity index (χ1) is 17.0. The van der Waals surface area contributed by atoms with Crippen LogP contribution in [0.4, 0.5) is 0 Å². The molecule has 2 amide bonds. The molecule has 0 N–H and O–H groups in total. The first-order valence-corrected chi connectivity index (χ1v) is 12.0. The Morgan fingerprint density at radius 3 is 2.57 bits per heavy atom. The van der Waals surface area contributed by atoms with Gasteiger partial charge in [-0.2, -0.15) is 5.26 Å². The molecule has 1 fully saturated rings. The predicted octanol–water partition coefficient (Wildman–Crippen LogP) is 4.47. The van der Waals surface area contributed by atoms with Gasteiger partial charge in [-0.15, -0.1) is 0 Å². The van der Waals surface area contributed by atoms with Crippen LogP contribution in [0, 0.1) is 11.3 Å². The number of allylic oxidation sites excluding steroid dienone is 3. The van der Waals surface area contributed by atoms with E-state index in [-0.39, 0.29) is 24.3 Å². The van der Waals surface area contributed by atoms with Crippen LogP contribution in [-0.2, 0) is 22.6 Å². The Hall–Kier alpha value is -3.92. The van der Waals surface area contributed by atoms with E-state index in [0.717, 1.165) is 24.1 Å². The highest BCUT2D eigenvalue weighted by atomic mass is 16.2. The second-order valence-electron chi connectivity index (χ2n) is 8.04. The van der Waals surface area contributed by atoms with Gasteiger partial charge >= 0.3 is 0 Å². The summed E-state index contributed by atoms with van der Waals surface area (Å²) >= 11 is 0. The molecule has 0 radical (unpaired) electrons. The molecule has 0 aliphatic carbocycles. The van der Waals surface area contributed by atoms with E-state index in [2.05, 4.69) is 24.2 Å². The van der Waals surface area contributed by atoms with Gasteiger partial charge in [0.05, 0.1) is 24.4 Å². The lowest BCUT2D eigenvalue weighted by Gasteiger charge is -2.31. The van der Waals surface area contributed by atoms with E-state index < -0.39 is 0 Å². The number of carbonyl (C=O) groups excluding carboxylic acids is 2. The number of hydrogen-bond acceptors (Lipinski definition) is 4. The first-order valence-electron chi connectivity index (χ1n) is 12.0. The number of likely N-dealkylation sites (tertiary alicyclic amines) is 1. The largest absolute Gasteiger partial charge is 0.338 e. The van der Waals surface area contributed by atoms with Crippen LogP contribution >= 0.6 is 0 Å². The van der Waals surface area contributed by atoms with E-state index in [0.29, 0.717) is 30.9 Å². The van der Waals surface area contributed by atoms with Gasteiger partial charge in [-0.3, -0.25) is 9.59 Å². The second kappa shape index (κ2) is 13.7. The van der Waals surface area contributed by atoms with Crippen molar-refractivity contribution < 1.29 is 9.59 Å². The van der Waals surface area contributed by atoms with Crippen molar-refractivity contribution in [1.82, 2.24) is 19.4 Å². The van der Waals surface area contributed by atoms with Crippen molar-refractivity contribution in [2.75, 3.05) is 13.1 Å². The highest BCUT2D eigenvalue weighted by Crippen LogP contribution is 2.22. The molecule has 184 valence electrons.